The molecule has 19 heavy (non-hydrogen) atoms. The van der Waals surface area contributed by atoms with E-state index in [9.17, 15) is 5.11 Å². The smallest absolute Gasteiger partial charge is 0.125 e. The van der Waals surface area contributed by atoms with Crippen molar-refractivity contribution in [2.45, 2.75) is 13.0 Å². The Labute approximate surface area is 126 Å². The van der Waals surface area contributed by atoms with Crippen molar-refractivity contribution in [3.8, 4) is 5.75 Å². The molecule has 0 amide bonds. The Morgan fingerprint density at radius 3 is 2.63 bits per heavy atom. The van der Waals surface area contributed by atoms with Crippen LogP contribution in [-0.4, -0.2) is 11.7 Å². The van der Waals surface area contributed by atoms with Gasteiger partial charge in [0.05, 0.1) is 6.61 Å². The summed E-state index contributed by atoms with van der Waals surface area (Å²) in [7, 11) is 0. The van der Waals surface area contributed by atoms with E-state index in [2.05, 4.69) is 15.9 Å². The quantitative estimate of drug-likeness (QED) is 0.882. The van der Waals surface area contributed by atoms with Crippen molar-refractivity contribution in [2.75, 3.05) is 6.61 Å². The Morgan fingerprint density at radius 2 is 1.95 bits per heavy atom. The molecule has 1 atom stereocenters. The Balaban J connectivity index is 2.41. The lowest BCUT2D eigenvalue weighted by molar-refractivity contribution is 0.211. The largest absolute Gasteiger partial charge is 0.493 e. The number of aliphatic hydroxyl groups excluding tert-OH is 1. The van der Waals surface area contributed by atoms with Crippen LogP contribution in [0.5, 0.6) is 5.75 Å². The molecule has 0 aromatic heterocycles. The molecule has 4 heteroatoms. The van der Waals surface area contributed by atoms with Crippen LogP contribution in [0.1, 0.15) is 24.2 Å². The average molecular weight is 342 g/mol. The van der Waals surface area contributed by atoms with Crippen LogP contribution in [0.3, 0.4) is 0 Å². The number of hydrogen-bond acceptors (Lipinski definition) is 2. The molecule has 0 saturated carbocycles. The van der Waals surface area contributed by atoms with Crippen LogP contribution in [0.25, 0.3) is 0 Å². The lowest BCUT2D eigenvalue weighted by atomic mass is 10.0. The summed E-state index contributed by atoms with van der Waals surface area (Å²) >= 11 is 9.34. The molecule has 2 aromatic rings. The van der Waals surface area contributed by atoms with Gasteiger partial charge in [0.2, 0.25) is 0 Å². The highest BCUT2D eigenvalue weighted by Crippen LogP contribution is 2.34. The van der Waals surface area contributed by atoms with Crippen LogP contribution in [0.2, 0.25) is 5.02 Å². The first-order valence-corrected chi connectivity index (χ1v) is 7.15. The second-order valence-corrected chi connectivity index (χ2v) is 5.33. The number of para-hydroxylation sites is 1. The van der Waals surface area contributed by atoms with Crippen LogP contribution < -0.4 is 4.74 Å². The van der Waals surface area contributed by atoms with E-state index < -0.39 is 6.10 Å². The summed E-state index contributed by atoms with van der Waals surface area (Å²) in [4.78, 5) is 0. The van der Waals surface area contributed by atoms with E-state index in [1.54, 1.807) is 18.2 Å². The van der Waals surface area contributed by atoms with Gasteiger partial charge in [-0.3, -0.25) is 0 Å². The van der Waals surface area contributed by atoms with Crippen molar-refractivity contribution in [2.24, 2.45) is 0 Å². The van der Waals surface area contributed by atoms with E-state index in [1.807, 2.05) is 31.2 Å². The molecule has 2 aromatic carbocycles. The third kappa shape index (κ3) is 3.30. The molecule has 0 aliphatic rings. The van der Waals surface area contributed by atoms with E-state index in [-0.39, 0.29) is 0 Å². The van der Waals surface area contributed by atoms with Gasteiger partial charge in [0.1, 0.15) is 11.9 Å². The van der Waals surface area contributed by atoms with Crippen LogP contribution in [0.15, 0.2) is 46.9 Å². The maximum absolute atomic E-state index is 10.5. The van der Waals surface area contributed by atoms with Crippen molar-refractivity contribution in [3.63, 3.8) is 0 Å². The summed E-state index contributed by atoms with van der Waals surface area (Å²) in [5.41, 5.74) is 1.50. The van der Waals surface area contributed by atoms with Crippen LogP contribution in [0.4, 0.5) is 0 Å². The van der Waals surface area contributed by atoms with Crippen molar-refractivity contribution in [3.05, 3.63) is 63.1 Å². The minimum absolute atomic E-state index is 0.561. The van der Waals surface area contributed by atoms with E-state index in [1.165, 1.54) is 0 Å². The standard InChI is InChI=1S/C15H14BrClO2/c1-2-19-14-6-4-3-5-12(14)15(18)11-8-7-10(17)9-13(11)16/h3-9,15,18H,2H2,1H3. The van der Waals surface area contributed by atoms with Gasteiger partial charge in [-0.15, -0.1) is 0 Å². The van der Waals surface area contributed by atoms with Gasteiger partial charge in [0.15, 0.2) is 0 Å². The molecular formula is C15H14BrClO2. The van der Waals surface area contributed by atoms with Crippen molar-refractivity contribution >= 4 is 27.5 Å². The molecule has 2 rings (SSSR count). The van der Waals surface area contributed by atoms with Crippen LogP contribution in [0, 0.1) is 0 Å². The van der Waals surface area contributed by atoms with Gasteiger partial charge < -0.3 is 9.84 Å². The third-order valence-electron chi connectivity index (χ3n) is 2.77. The van der Waals surface area contributed by atoms with Gasteiger partial charge >= 0.3 is 0 Å². The van der Waals surface area contributed by atoms with Crippen LogP contribution in [-0.2, 0) is 0 Å². The minimum Gasteiger partial charge on any atom is -0.493 e. The second-order valence-electron chi connectivity index (χ2n) is 4.04. The summed E-state index contributed by atoms with van der Waals surface area (Å²) < 4.78 is 6.32. The maximum atomic E-state index is 10.5. The molecule has 1 unspecified atom stereocenters. The average Bonchev–Trinajstić information content (AvgIpc) is 2.39. The molecule has 0 fully saturated rings. The van der Waals surface area contributed by atoms with Gasteiger partial charge in [0, 0.05) is 15.1 Å². The lowest BCUT2D eigenvalue weighted by Crippen LogP contribution is -2.04. The lowest BCUT2D eigenvalue weighted by Gasteiger charge is -2.17. The molecule has 100 valence electrons. The molecular weight excluding hydrogens is 328 g/mol. The highest BCUT2D eigenvalue weighted by Gasteiger charge is 2.17. The minimum atomic E-state index is -0.755. The molecule has 0 aliphatic carbocycles. The van der Waals surface area contributed by atoms with Gasteiger partial charge in [-0.1, -0.05) is 51.8 Å². The first-order chi connectivity index (χ1) is 9.13. The first-order valence-electron chi connectivity index (χ1n) is 5.98. The van der Waals surface area contributed by atoms with E-state index in [4.69, 9.17) is 16.3 Å². The van der Waals surface area contributed by atoms with E-state index in [0.29, 0.717) is 17.4 Å². The zero-order valence-electron chi connectivity index (χ0n) is 10.4. The fourth-order valence-electron chi connectivity index (χ4n) is 1.88. The highest BCUT2D eigenvalue weighted by atomic mass is 79.9. The SMILES string of the molecule is CCOc1ccccc1C(O)c1ccc(Cl)cc1Br. The molecule has 0 heterocycles. The predicted octanol–water partition coefficient (Wildman–Crippen LogP) is 4.58. The zero-order chi connectivity index (χ0) is 13.8. The van der Waals surface area contributed by atoms with Crippen molar-refractivity contribution < 1.29 is 9.84 Å². The molecule has 0 aliphatic heterocycles. The molecule has 2 nitrogen and oxygen atoms in total. The van der Waals surface area contributed by atoms with Gasteiger partial charge in [-0.2, -0.15) is 0 Å². The van der Waals surface area contributed by atoms with Gasteiger partial charge in [-0.25, -0.2) is 0 Å². The van der Waals surface area contributed by atoms with Gasteiger partial charge in [-0.05, 0) is 30.7 Å². The summed E-state index contributed by atoms with van der Waals surface area (Å²) in [5, 5.41) is 11.1. The molecule has 0 bridgehead atoms. The number of ether oxygens (including phenoxy) is 1. The van der Waals surface area contributed by atoms with Crippen LogP contribution >= 0.6 is 27.5 Å². The summed E-state index contributed by atoms with van der Waals surface area (Å²) in [5.74, 6) is 0.694. The number of aliphatic hydroxyl groups is 1. The van der Waals surface area contributed by atoms with Gasteiger partial charge in [0.25, 0.3) is 0 Å². The zero-order valence-corrected chi connectivity index (χ0v) is 12.8. The molecule has 0 radical (unpaired) electrons. The number of halogens is 2. The predicted molar refractivity (Wildman–Crippen MR) is 80.8 cm³/mol. The third-order valence-corrected chi connectivity index (χ3v) is 3.69. The highest BCUT2D eigenvalue weighted by molar-refractivity contribution is 9.10. The maximum Gasteiger partial charge on any atom is 0.125 e. The van der Waals surface area contributed by atoms with E-state index in [0.717, 1.165) is 15.6 Å². The fourth-order valence-corrected chi connectivity index (χ4v) is 2.78. The Morgan fingerprint density at radius 1 is 1.21 bits per heavy atom. The number of rotatable bonds is 4. The summed E-state index contributed by atoms with van der Waals surface area (Å²) in [6.45, 7) is 2.48. The monoisotopic (exact) mass is 340 g/mol. The Bertz CT molecular complexity index is 572. The fraction of sp³-hybridized carbons (Fsp3) is 0.200. The Kier molecular flexibility index (Phi) is 4.86. The molecule has 1 N–H and O–H groups in total. The second kappa shape index (κ2) is 6.42. The van der Waals surface area contributed by atoms with Crippen molar-refractivity contribution in [1.82, 2.24) is 0 Å². The first kappa shape index (κ1) is 14.4. The van der Waals surface area contributed by atoms with Crippen molar-refractivity contribution in [1.29, 1.82) is 0 Å². The topological polar surface area (TPSA) is 29.5 Å². The summed E-state index contributed by atoms with van der Waals surface area (Å²) in [6.07, 6.45) is -0.755. The summed E-state index contributed by atoms with van der Waals surface area (Å²) in [6, 6.07) is 12.8. The normalized spacial score (nSPS) is 12.2. The molecule has 0 spiro atoms. The number of hydrogen-bond donors (Lipinski definition) is 1. The van der Waals surface area contributed by atoms with E-state index >= 15 is 0 Å². The Hall–Kier alpha value is -1.03. The molecule has 0 saturated heterocycles. The number of benzene rings is 2.